The Bertz CT molecular complexity index is 47.6. The van der Waals surface area contributed by atoms with E-state index >= 15 is 0 Å². The maximum atomic E-state index is 5.33. The van der Waals surface area contributed by atoms with Gasteiger partial charge in [0.15, 0.2) is 0 Å². The number of hydrogen-bond acceptors (Lipinski definition) is 3. The molecule has 0 aromatic heterocycles. The number of nitrogens with two attached hydrogens (primary N) is 1. The minimum Gasteiger partial charge on any atom is -0.318 e. The second-order valence-electron chi connectivity index (χ2n) is 1.90. The lowest BCUT2D eigenvalue weighted by atomic mass is 10.5. The fourth-order valence-corrected chi connectivity index (χ4v) is 0.379. The molecular formula is C5H15N3. The van der Waals surface area contributed by atoms with Gasteiger partial charge < -0.3 is 11.1 Å². The average Bonchev–Trinajstić information content (AvgIpc) is 1.84. The van der Waals surface area contributed by atoms with E-state index in [1.165, 1.54) is 0 Å². The summed E-state index contributed by atoms with van der Waals surface area (Å²) < 4.78 is 0. The normalized spacial score (nSPS) is 14.6. The molecule has 8 heavy (non-hydrogen) atoms. The van der Waals surface area contributed by atoms with Crippen molar-refractivity contribution in [3.05, 3.63) is 0 Å². The first kappa shape index (κ1) is 7.88. The van der Waals surface area contributed by atoms with Gasteiger partial charge in [0.25, 0.3) is 0 Å². The molecule has 0 aromatic rings. The summed E-state index contributed by atoms with van der Waals surface area (Å²) in [5, 5.41) is 3.06. The summed E-state index contributed by atoms with van der Waals surface area (Å²) in [7, 11) is 3.89. The maximum Gasteiger partial charge on any atom is 0.0573 e. The minimum atomic E-state index is 0.375. The number of rotatable bonds is 3. The fourth-order valence-electron chi connectivity index (χ4n) is 0.379. The van der Waals surface area contributed by atoms with Gasteiger partial charge in [0.05, 0.1) is 6.17 Å². The lowest BCUT2D eigenvalue weighted by Gasteiger charge is -2.21. The molecule has 0 aliphatic rings. The molecule has 0 saturated heterocycles. The first-order chi connectivity index (χ1) is 3.72. The van der Waals surface area contributed by atoms with Crippen molar-refractivity contribution in [2.24, 2.45) is 5.73 Å². The molecule has 0 bridgehead atoms. The Balaban J connectivity index is 3.29. The predicted octanol–water partition coefficient (Wildman–Crippen LogP) is -0.600. The summed E-state index contributed by atoms with van der Waals surface area (Å²) in [5.41, 5.74) is 5.33. The molecule has 0 saturated carbocycles. The van der Waals surface area contributed by atoms with Crippen LogP contribution in [0.15, 0.2) is 0 Å². The van der Waals surface area contributed by atoms with Gasteiger partial charge in [-0.3, -0.25) is 4.90 Å². The standard InChI is InChI=1S/C5H15N3/c1-5(7-2)8(3)4-6/h5,7H,4,6H2,1-3H3. The SMILES string of the molecule is CNC(C)N(C)CN. The third kappa shape index (κ3) is 2.26. The monoisotopic (exact) mass is 117 g/mol. The highest BCUT2D eigenvalue weighted by Crippen LogP contribution is 1.83. The van der Waals surface area contributed by atoms with Crippen molar-refractivity contribution in [2.75, 3.05) is 20.8 Å². The average molecular weight is 117 g/mol. The van der Waals surface area contributed by atoms with Crippen LogP contribution in [0.1, 0.15) is 6.92 Å². The van der Waals surface area contributed by atoms with E-state index in [1.807, 2.05) is 19.0 Å². The fraction of sp³-hybridized carbons (Fsp3) is 1.00. The molecule has 0 aliphatic heterocycles. The number of hydrogen-bond donors (Lipinski definition) is 2. The predicted molar refractivity (Wildman–Crippen MR) is 35.3 cm³/mol. The Morgan fingerprint density at radius 1 is 1.75 bits per heavy atom. The topological polar surface area (TPSA) is 41.3 Å². The van der Waals surface area contributed by atoms with Gasteiger partial charge in [-0.2, -0.15) is 0 Å². The molecule has 0 rings (SSSR count). The van der Waals surface area contributed by atoms with E-state index in [2.05, 4.69) is 12.2 Å². The molecule has 0 amide bonds. The second-order valence-corrected chi connectivity index (χ2v) is 1.90. The van der Waals surface area contributed by atoms with E-state index in [0.29, 0.717) is 12.8 Å². The van der Waals surface area contributed by atoms with Gasteiger partial charge in [0.1, 0.15) is 0 Å². The van der Waals surface area contributed by atoms with Crippen LogP contribution in [0.4, 0.5) is 0 Å². The summed E-state index contributed by atoms with van der Waals surface area (Å²) in [6.45, 7) is 2.66. The van der Waals surface area contributed by atoms with Crippen LogP contribution in [0.2, 0.25) is 0 Å². The second kappa shape index (κ2) is 3.83. The van der Waals surface area contributed by atoms with Crippen LogP contribution in [-0.4, -0.2) is 31.8 Å². The highest BCUT2D eigenvalue weighted by Gasteiger charge is 2.00. The highest BCUT2D eigenvalue weighted by molar-refractivity contribution is 4.53. The molecule has 1 unspecified atom stereocenters. The smallest absolute Gasteiger partial charge is 0.0573 e. The van der Waals surface area contributed by atoms with Crippen molar-refractivity contribution in [1.29, 1.82) is 0 Å². The van der Waals surface area contributed by atoms with Gasteiger partial charge in [-0.15, -0.1) is 0 Å². The molecule has 0 heterocycles. The van der Waals surface area contributed by atoms with E-state index in [0.717, 1.165) is 0 Å². The van der Waals surface area contributed by atoms with E-state index in [1.54, 1.807) is 0 Å². The van der Waals surface area contributed by atoms with E-state index in [-0.39, 0.29) is 0 Å². The molecule has 0 spiro atoms. The molecule has 3 nitrogen and oxygen atoms in total. The van der Waals surface area contributed by atoms with Crippen molar-refractivity contribution in [3.8, 4) is 0 Å². The summed E-state index contributed by atoms with van der Waals surface area (Å²) >= 11 is 0. The van der Waals surface area contributed by atoms with Gasteiger partial charge in [-0.25, -0.2) is 0 Å². The quantitative estimate of drug-likeness (QED) is 0.485. The number of nitrogens with zero attached hydrogens (tertiary/aromatic N) is 1. The molecule has 0 radical (unpaired) electrons. The van der Waals surface area contributed by atoms with Crippen molar-refractivity contribution in [2.45, 2.75) is 13.1 Å². The van der Waals surface area contributed by atoms with Gasteiger partial charge in [-0.1, -0.05) is 0 Å². The first-order valence-corrected chi connectivity index (χ1v) is 2.80. The Hall–Kier alpha value is -0.120. The first-order valence-electron chi connectivity index (χ1n) is 2.80. The van der Waals surface area contributed by atoms with E-state index in [9.17, 15) is 0 Å². The zero-order valence-corrected chi connectivity index (χ0v) is 5.81. The Kier molecular flexibility index (Phi) is 3.77. The molecule has 1 atom stereocenters. The van der Waals surface area contributed by atoms with Gasteiger partial charge in [-0.05, 0) is 21.0 Å². The minimum absolute atomic E-state index is 0.375. The molecule has 0 aromatic carbocycles. The third-order valence-electron chi connectivity index (χ3n) is 1.37. The van der Waals surface area contributed by atoms with Crippen LogP contribution in [0.5, 0.6) is 0 Å². The zero-order chi connectivity index (χ0) is 6.57. The molecule has 0 fully saturated rings. The summed E-state index contributed by atoms with van der Waals surface area (Å²) in [4.78, 5) is 2.01. The van der Waals surface area contributed by atoms with E-state index < -0.39 is 0 Å². The van der Waals surface area contributed by atoms with Gasteiger partial charge >= 0.3 is 0 Å². The molecular weight excluding hydrogens is 102 g/mol. The maximum absolute atomic E-state index is 5.33. The highest BCUT2D eigenvalue weighted by atomic mass is 15.3. The number of nitrogens with one attached hydrogen (secondary N) is 1. The largest absolute Gasteiger partial charge is 0.318 e. The third-order valence-corrected chi connectivity index (χ3v) is 1.37. The summed E-state index contributed by atoms with van der Waals surface area (Å²) in [6, 6.07) is 0. The van der Waals surface area contributed by atoms with Crippen LogP contribution in [0.3, 0.4) is 0 Å². The lowest BCUT2D eigenvalue weighted by molar-refractivity contribution is 0.237. The van der Waals surface area contributed by atoms with Crippen LogP contribution in [0.25, 0.3) is 0 Å². The van der Waals surface area contributed by atoms with E-state index in [4.69, 9.17) is 5.73 Å². The Morgan fingerprint density at radius 3 is 2.38 bits per heavy atom. The Labute approximate surface area is 50.8 Å². The van der Waals surface area contributed by atoms with Crippen molar-refractivity contribution in [1.82, 2.24) is 10.2 Å². The van der Waals surface area contributed by atoms with Crippen molar-refractivity contribution < 1.29 is 0 Å². The van der Waals surface area contributed by atoms with Crippen LogP contribution >= 0.6 is 0 Å². The van der Waals surface area contributed by atoms with Crippen molar-refractivity contribution in [3.63, 3.8) is 0 Å². The Morgan fingerprint density at radius 2 is 2.25 bits per heavy atom. The molecule has 50 valence electrons. The summed E-state index contributed by atoms with van der Waals surface area (Å²) in [6.07, 6.45) is 0.375. The lowest BCUT2D eigenvalue weighted by Crippen LogP contribution is -2.41. The van der Waals surface area contributed by atoms with Crippen LogP contribution in [0, 0.1) is 0 Å². The van der Waals surface area contributed by atoms with Gasteiger partial charge in [0.2, 0.25) is 0 Å². The summed E-state index contributed by atoms with van der Waals surface area (Å²) in [5.74, 6) is 0. The molecule has 3 heteroatoms. The van der Waals surface area contributed by atoms with Crippen LogP contribution in [-0.2, 0) is 0 Å². The van der Waals surface area contributed by atoms with Crippen LogP contribution < -0.4 is 11.1 Å². The molecule has 3 N–H and O–H groups in total. The molecule has 0 aliphatic carbocycles. The zero-order valence-electron chi connectivity index (χ0n) is 5.81. The van der Waals surface area contributed by atoms with Gasteiger partial charge in [0, 0.05) is 6.67 Å². The van der Waals surface area contributed by atoms with Crippen molar-refractivity contribution >= 4 is 0 Å².